The van der Waals surface area contributed by atoms with E-state index in [-0.39, 0.29) is 12.5 Å². The predicted octanol–water partition coefficient (Wildman–Crippen LogP) is 3.62. The normalized spacial score (nSPS) is 13.6. The van der Waals surface area contributed by atoms with Crippen molar-refractivity contribution < 1.29 is 14.3 Å². The van der Waals surface area contributed by atoms with Crippen LogP contribution in [0.1, 0.15) is 18.4 Å². The molecule has 132 valence electrons. The van der Waals surface area contributed by atoms with E-state index in [1.807, 2.05) is 49.4 Å². The quantitative estimate of drug-likeness (QED) is 0.872. The van der Waals surface area contributed by atoms with Crippen LogP contribution in [0.2, 0.25) is 0 Å². The van der Waals surface area contributed by atoms with Crippen molar-refractivity contribution in [2.45, 2.75) is 19.8 Å². The monoisotopic (exact) mass is 340 g/mol. The number of carbonyl (C=O) groups excluding carboxylic acids is 1. The van der Waals surface area contributed by atoms with Crippen LogP contribution in [0.15, 0.2) is 42.5 Å². The van der Waals surface area contributed by atoms with Gasteiger partial charge in [0.05, 0.1) is 12.8 Å². The summed E-state index contributed by atoms with van der Waals surface area (Å²) < 4.78 is 10.9. The Labute approximate surface area is 148 Å². The maximum atomic E-state index is 12.2. The third-order valence-electron chi connectivity index (χ3n) is 4.32. The van der Waals surface area contributed by atoms with E-state index in [4.69, 9.17) is 9.47 Å². The number of amides is 1. The second kappa shape index (κ2) is 7.92. The van der Waals surface area contributed by atoms with E-state index in [2.05, 4.69) is 10.2 Å². The summed E-state index contributed by atoms with van der Waals surface area (Å²) in [6, 6.07) is 13.5. The van der Waals surface area contributed by atoms with E-state index in [9.17, 15) is 4.79 Å². The highest BCUT2D eigenvalue weighted by atomic mass is 16.5. The number of rotatable bonds is 6. The third kappa shape index (κ3) is 4.44. The molecule has 0 spiro atoms. The van der Waals surface area contributed by atoms with Gasteiger partial charge in [-0.1, -0.05) is 17.7 Å². The molecule has 0 saturated carbocycles. The van der Waals surface area contributed by atoms with Crippen molar-refractivity contribution in [3.05, 3.63) is 48.0 Å². The summed E-state index contributed by atoms with van der Waals surface area (Å²) in [6.45, 7) is 4.07. The number of hydrogen-bond donors (Lipinski definition) is 1. The number of carbonyl (C=O) groups is 1. The summed E-state index contributed by atoms with van der Waals surface area (Å²) in [6.07, 6.45) is 2.41. The SMILES string of the molecule is COc1ccc(N2CCCC2)cc1NC(=O)COc1ccc(C)cc1. The molecule has 2 aromatic rings. The average molecular weight is 340 g/mol. The fraction of sp³-hybridized carbons (Fsp3) is 0.350. The molecule has 1 aliphatic heterocycles. The molecule has 5 heteroatoms. The Bertz CT molecular complexity index is 722. The Morgan fingerprint density at radius 1 is 1.12 bits per heavy atom. The van der Waals surface area contributed by atoms with Crippen LogP contribution >= 0.6 is 0 Å². The molecule has 1 aliphatic rings. The Balaban J connectivity index is 1.64. The first-order valence-electron chi connectivity index (χ1n) is 8.58. The van der Waals surface area contributed by atoms with E-state index in [0.717, 1.165) is 24.3 Å². The van der Waals surface area contributed by atoms with Gasteiger partial charge in [-0.2, -0.15) is 0 Å². The van der Waals surface area contributed by atoms with Crippen LogP contribution in [0, 0.1) is 6.92 Å². The van der Waals surface area contributed by atoms with Gasteiger partial charge in [0.2, 0.25) is 0 Å². The number of anilines is 2. The van der Waals surface area contributed by atoms with E-state index >= 15 is 0 Å². The predicted molar refractivity (Wildman–Crippen MR) is 99.7 cm³/mol. The minimum atomic E-state index is -0.211. The summed E-state index contributed by atoms with van der Waals surface area (Å²) in [5.74, 6) is 1.11. The molecule has 0 radical (unpaired) electrons. The van der Waals surface area contributed by atoms with Crippen molar-refractivity contribution >= 4 is 17.3 Å². The average Bonchev–Trinajstić information content (AvgIpc) is 3.16. The molecule has 1 heterocycles. The summed E-state index contributed by atoms with van der Waals surface area (Å²) in [7, 11) is 1.60. The number of nitrogens with zero attached hydrogens (tertiary/aromatic N) is 1. The molecule has 1 N–H and O–H groups in total. The molecule has 25 heavy (non-hydrogen) atoms. The topological polar surface area (TPSA) is 50.8 Å². The molecule has 1 saturated heterocycles. The largest absolute Gasteiger partial charge is 0.495 e. The van der Waals surface area contributed by atoms with E-state index < -0.39 is 0 Å². The first-order chi connectivity index (χ1) is 12.2. The Morgan fingerprint density at radius 2 is 1.84 bits per heavy atom. The number of aryl methyl sites for hydroxylation is 1. The smallest absolute Gasteiger partial charge is 0.262 e. The minimum absolute atomic E-state index is 0.0415. The summed E-state index contributed by atoms with van der Waals surface area (Å²) in [4.78, 5) is 14.6. The standard InChI is InChI=1S/C20H24N2O3/c1-15-5-8-17(9-6-15)25-14-20(23)21-18-13-16(7-10-19(18)24-2)22-11-3-4-12-22/h5-10,13H,3-4,11-12,14H2,1-2H3,(H,21,23). The van der Waals surface area contributed by atoms with Gasteiger partial charge in [0.1, 0.15) is 11.5 Å². The number of nitrogens with one attached hydrogen (secondary N) is 1. The van der Waals surface area contributed by atoms with Crippen molar-refractivity contribution in [1.82, 2.24) is 0 Å². The summed E-state index contributed by atoms with van der Waals surface area (Å²) in [5, 5.41) is 2.89. The van der Waals surface area contributed by atoms with Gasteiger partial charge in [-0.25, -0.2) is 0 Å². The molecule has 0 aromatic heterocycles. The van der Waals surface area contributed by atoms with Crippen molar-refractivity contribution in [3.63, 3.8) is 0 Å². The molecule has 0 bridgehead atoms. The zero-order valence-electron chi connectivity index (χ0n) is 14.7. The molecular weight excluding hydrogens is 316 g/mol. The summed E-state index contributed by atoms with van der Waals surface area (Å²) in [5.41, 5.74) is 2.93. The minimum Gasteiger partial charge on any atom is -0.495 e. The Kier molecular flexibility index (Phi) is 5.43. The van der Waals surface area contributed by atoms with Crippen LogP contribution < -0.4 is 19.7 Å². The van der Waals surface area contributed by atoms with E-state index in [1.54, 1.807) is 7.11 Å². The van der Waals surface area contributed by atoms with Crippen LogP contribution in [0.25, 0.3) is 0 Å². The lowest BCUT2D eigenvalue weighted by molar-refractivity contribution is -0.118. The Morgan fingerprint density at radius 3 is 2.52 bits per heavy atom. The fourth-order valence-corrected chi connectivity index (χ4v) is 2.94. The number of hydrogen-bond acceptors (Lipinski definition) is 4. The fourth-order valence-electron chi connectivity index (χ4n) is 2.94. The first-order valence-corrected chi connectivity index (χ1v) is 8.58. The van der Waals surface area contributed by atoms with Crippen LogP contribution in [0.4, 0.5) is 11.4 Å². The molecule has 3 rings (SSSR count). The lowest BCUT2D eigenvalue weighted by atomic mass is 10.2. The molecule has 2 aromatic carbocycles. The number of methoxy groups -OCH3 is 1. The molecular formula is C20H24N2O3. The number of ether oxygens (including phenoxy) is 2. The van der Waals surface area contributed by atoms with Gasteiger partial charge in [-0.15, -0.1) is 0 Å². The summed E-state index contributed by atoms with van der Waals surface area (Å²) >= 11 is 0. The van der Waals surface area contributed by atoms with Crippen molar-refractivity contribution in [2.24, 2.45) is 0 Å². The lowest BCUT2D eigenvalue weighted by Crippen LogP contribution is -2.21. The molecule has 0 atom stereocenters. The van der Waals surface area contributed by atoms with Crippen LogP contribution in [-0.2, 0) is 4.79 Å². The van der Waals surface area contributed by atoms with E-state index in [0.29, 0.717) is 17.2 Å². The van der Waals surface area contributed by atoms with Gasteiger partial charge in [-0.3, -0.25) is 4.79 Å². The van der Waals surface area contributed by atoms with Gasteiger partial charge < -0.3 is 19.7 Å². The van der Waals surface area contributed by atoms with E-state index in [1.165, 1.54) is 12.8 Å². The van der Waals surface area contributed by atoms with Crippen LogP contribution in [-0.4, -0.2) is 32.7 Å². The van der Waals surface area contributed by atoms with Crippen LogP contribution in [0.5, 0.6) is 11.5 Å². The Hall–Kier alpha value is -2.69. The van der Waals surface area contributed by atoms with Crippen molar-refractivity contribution in [1.29, 1.82) is 0 Å². The van der Waals surface area contributed by atoms with Gasteiger partial charge in [-0.05, 0) is 50.1 Å². The van der Waals surface area contributed by atoms with Gasteiger partial charge in [0.15, 0.2) is 6.61 Å². The first kappa shape index (κ1) is 17.1. The molecule has 1 amide bonds. The molecule has 5 nitrogen and oxygen atoms in total. The molecule has 0 aliphatic carbocycles. The zero-order chi connectivity index (χ0) is 17.6. The highest BCUT2D eigenvalue weighted by Crippen LogP contribution is 2.31. The van der Waals surface area contributed by atoms with Gasteiger partial charge >= 0.3 is 0 Å². The third-order valence-corrected chi connectivity index (χ3v) is 4.32. The zero-order valence-corrected chi connectivity index (χ0v) is 14.7. The molecule has 1 fully saturated rings. The molecule has 0 unspecified atom stereocenters. The second-order valence-electron chi connectivity index (χ2n) is 6.23. The highest BCUT2D eigenvalue weighted by molar-refractivity contribution is 5.94. The van der Waals surface area contributed by atoms with Crippen LogP contribution in [0.3, 0.4) is 0 Å². The number of benzene rings is 2. The lowest BCUT2D eigenvalue weighted by Gasteiger charge is -2.20. The highest BCUT2D eigenvalue weighted by Gasteiger charge is 2.15. The van der Waals surface area contributed by atoms with Gasteiger partial charge in [0.25, 0.3) is 5.91 Å². The maximum Gasteiger partial charge on any atom is 0.262 e. The van der Waals surface area contributed by atoms with Crippen molar-refractivity contribution in [2.75, 3.05) is 37.0 Å². The maximum absolute atomic E-state index is 12.2. The second-order valence-corrected chi connectivity index (χ2v) is 6.23. The van der Waals surface area contributed by atoms with Gasteiger partial charge in [0, 0.05) is 18.8 Å². The van der Waals surface area contributed by atoms with Crippen molar-refractivity contribution in [3.8, 4) is 11.5 Å².